The van der Waals surface area contributed by atoms with Crippen LogP contribution in [-0.4, -0.2) is 98.3 Å². The monoisotopic (exact) mass is 859 g/mol. The van der Waals surface area contributed by atoms with Gasteiger partial charge >= 0.3 is 19.8 Å². The zero-order valence-corrected chi connectivity index (χ0v) is 36.9. The van der Waals surface area contributed by atoms with Gasteiger partial charge in [0.15, 0.2) is 6.10 Å². The molecule has 6 atom stereocenters. The van der Waals surface area contributed by atoms with E-state index in [-0.39, 0.29) is 12.8 Å². The van der Waals surface area contributed by atoms with Gasteiger partial charge in [-0.15, -0.1) is 0 Å². The summed E-state index contributed by atoms with van der Waals surface area (Å²) in [6.45, 7) is 3.15. The summed E-state index contributed by atoms with van der Waals surface area (Å²) in [5.74, 6) is -1.13. The molecule has 59 heavy (non-hydrogen) atoms. The molecule has 0 saturated heterocycles. The van der Waals surface area contributed by atoms with E-state index in [0.29, 0.717) is 12.8 Å². The Hall–Kier alpha value is -2.19. The van der Waals surface area contributed by atoms with Crippen LogP contribution in [0.4, 0.5) is 0 Å². The van der Waals surface area contributed by atoms with Gasteiger partial charge in [-0.25, -0.2) is 4.57 Å². The van der Waals surface area contributed by atoms with Gasteiger partial charge in [-0.2, -0.15) is 0 Å². The second kappa shape index (κ2) is 35.4. The van der Waals surface area contributed by atoms with E-state index < -0.39 is 75.7 Å². The van der Waals surface area contributed by atoms with Crippen molar-refractivity contribution in [1.29, 1.82) is 0 Å². The third-order valence-corrected chi connectivity index (χ3v) is 11.1. The Balaban J connectivity index is 2.49. The fourth-order valence-corrected chi connectivity index (χ4v) is 7.50. The van der Waals surface area contributed by atoms with E-state index in [9.17, 15) is 44.6 Å². The molecule has 0 aromatic heterocycles. The van der Waals surface area contributed by atoms with Gasteiger partial charge in [-0.3, -0.25) is 18.6 Å². The van der Waals surface area contributed by atoms with Crippen LogP contribution < -0.4 is 0 Å². The van der Waals surface area contributed by atoms with Crippen LogP contribution in [0.15, 0.2) is 48.6 Å². The van der Waals surface area contributed by atoms with E-state index in [0.717, 1.165) is 89.9 Å². The number of allylic oxidation sites excluding steroid dienone is 8. The van der Waals surface area contributed by atoms with Crippen LogP contribution in [-0.2, 0) is 32.7 Å². The quantitative estimate of drug-likeness (QED) is 0.0152. The van der Waals surface area contributed by atoms with Gasteiger partial charge in [0, 0.05) is 12.8 Å². The van der Waals surface area contributed by atoms with Crippen molar-refractivity contribution in [1.82, 2.24) is 0 Å². The van der Waals surface area contributed by atoms with Crippen molar-refractivity contribution in [2.75, 3.05) is 13.2 Å². The molecular weight excluding hydrogens is 779 g/mol. The molecule has 0 aromatic carbocycles. The highest BCUT2D eigenvalue weighted by atomic mass is 31.2. The van der Waals surface area contributed by atoms with Crippen molar-refractivity contribution in [2.45, 2.75) is 211 Å². The maximum atomic E-state index is 12.8. The summed E-state index contributed by atoms with van der Waals surface area (Å²) in [6.07, 6.45) is 27.4. The Morgan fingerprint density at radius 3 is 1.49 bits per heavy atom. The van der Waals surface area contributed by atoms with E-state index >= 15 is 0 Å². The van der Waals surface area contributed by atoms with Crippen LogP contribution in [0.2, 0.25) is 0 Å². The lowest BCUT2D eigenvalue weighted by Crippen LogP contribution is -2.64. The lowest BCUT2D eigenvalue weighted by molar-refractivity contribution is -0.220. The first-order chi connectivity index (χ1) is 28.4. The lowest BCUT2D eigenvalue weighted by atomic mass is 9.85. The minimum atomic E-state index is -5.12. The molecule has 6 N–H and O–H groups in total. The van der Waals surface area contributed by atoms with Crippen molar-refractivity contribution < 1.29 is 63.1 Å². The summed E-state index contributed by atoms with van der Waals surface area (Å²) in [6, 6.07) is 0. The number of aliphatic hydroxyl groups is 5. The van der Waals surface area contributed by atoms with Crippen molar-refractivity contribution in [3.8, 4) is 0 Å². The number of ether oxygens (including phenoxy) is 2. The topological polar surface area (TPSA) is 210 Å². The fourth-order valence-electron chi connectivity index (χ4n) is 6.53. The van der Waals surface area contributed by atoms with Gasteiger partial charge in [0.25, 0.3) is 0 Å². The molecule has 342 valence electrons. The first kappa shape index (κ1) is 54.8. The molecule has 1 fully saturated rings. The molecular formula is C45H79O13P. The Bertz CT molecular complexity index is 1220. The zero-order valence-electron chi connectivity index (χ0n) is 36.0. The van der Waals surface area contributed by atoms with Crippen molar-refractivity contribution >= 4 is 19.8 Å². The molecule has 14 heteroatoms. The molecule has 1 aliphatic carbocycles. The van der Waals surface area contributed by atoms with Crippen molar-refractivity contribution in [3.63, 3.8) is 0 Å². The summed E-state index contributed by atoms with van der Waals surface area (Å²) in [5, 5.41) is 50.1. The van der Waals surface area contributed by atoms with Crippen molar-refractivity contribution in [2.24, 2.45) is 0 Å². The number of esters is 2. The second-order valence-electron chi connectivity index (χ2n) is 15.5. The third-order valence-electron chi connectivity index (χ3n) is 10.2. The molecule has 1 aliphatic rings. The Kier molecular flexibility index (Phi) is 32.9. The van der Waals surface area contributed by atoms with Crippen LogP contribution >= 0.6 is 7.82 Å². The molecule has 1 rings (SSSR count). The molecule has 0 aliphatic heterocycles. The van der Waals surface area contributed by atoms with Gasteiger partial charge in [-0.05, 0) is 70.6 Å². The van der Waals surface area contributed by atoms with Gasteiger partial charge in [0.05, 0.1) is 6.61 Å². The van der Waals surface area contributed by atoms with Crippen LogP contribution in [0.1, 0.15) is 168 Å². The molecule has 0 bridgehead atoms. The molecule has 13 nitrogen and oxygen atoms in total. The van der Waals surface area contributed by atoms with Crippen LogP contribution in [0.25, 0.3) is 0 Å². The minimum absolute atomic E-state index is 0.0816. The third kappa shape index (κ3) is 28.1. The highest BCUT2D eigenvalue weighted by Gasteiger charge is 2.51. The van der Waals surface area contributed by atoms with E-state index in [4.69, 9.17) is 18.5 Å². The van der Waals surface area contributed by atoms with Gasteiger partial charge in [0.2, 0.25) is 0 Å². The minimum Gasteiger partial charge on any atom is -0.462 e. The summed E-state index contributed by atoms with van der Waals surface area (Å²) in [5.41, 5.74) is 0. The second-order valence-corrected chi connectivity index (χ2v) is 16.9. The molecule has 0 heterocycles. The van der Waals surface area contributed by atoms with E-state index in [1.54, 1.807) is 0 Å². The summed E-state index contributed by atoms with van der Waals surface area (Å²) < 4.78 is 33.5. The largest absolute Gasteiger partial charge is 0.472 e. The number of unbranched alkanes of at least 4 members (excludes halogenated alkanes) is 16. The van der Waals surface area contributed by atoms with Crippen LogP contribution in [0.3, 0.4) is 0 Å². The Labute approximate surface area is 354 Å². The first-order valence-corrected chi connectivity index (χ1v) is 23.9. The van der Waals surface area contributed by atoms with E-state index in [1.807, 2.05) is 0 Å². The standard InChI is InChI=1S/C45H79O13P/c1-3-5-7-9-11-13-15-17-19-21-23-25-27-29-31-33-38(46)55-35-37(36-56-59(53,54)58-45-43(51)41(49)40(48)42(50)44(45)52)57-39(47)34-32-30-28-26-24-22-20-18-16-14-12-10-8-6-4-2/h5,7,11,13,17-20,37,40-45,48-52H,3-4,6,8-10,12,14-16,21-36H2,1-2H3,(H,53,54). The van der Waals surface area contributed by atoms with E-state index in [2.05, 4.69) is 62.5 Å². The normalized spacial score (nSPS) is 22.8. The van der Waals surface area contributed by atoms with Crippen LogP contribution in [0.5, 0.6) is 0 Å². The number of hydrogen-bond acceptors (Lipinski definition) is 12. The Morgan fingerprint density at radius 1 is 0.542 bits per heavy atom. The number of phosphoric acid groups is 1. The number of carbonyl (C=O) groups is 2. The predicted octanol–water partition coefficient (Wildman–Crippen LogP) is 8.39. The van der Waals surface area contributed by atoms with Crippen LogP contribution in [0, 0.1) is 0 Å². The summed E-state index contributed by atoms with van der Waals surface area (Å²) >= 11 is 0. The zero-order chi connectivity index (χ0) is 43.6. The average molecular weight is 859 g/mol. The first-order valence-electron chi connectivity index (χ1n) is 22.4. The molecule has 0 radical (unpaired) electrons. The SMILES string of the molecule is CCC=CCC=CCC=CCCCCCCCC(=O)OCC(COP(=O)(O)OC1C(O)C(O)C(O)C(O)C1O)OC(=O)CCCCCCCC=CCCCCCCCC. The summed E-state index contributed by atoms with van der Waals surface area (Å²) in [4.78, 5) is 35.6. The number of aliphatic hydroxyl groups excluding tert-OH is 5. The molecule has 6 unspecified atom stereocenters. The average Bonchev–Trinajstić information content (AvgIpc) is 3.21. The van der Waals surface area contributed by atoms with Gasteiger partial charge < -0.3 is 39.9 Å². The highest BCUT2D eigenvalue weighted by Crippen LogP contribution is 2.47. The molecule has 1 saturated carbocycles. The van der Waals surface area contributed by atoms with Crippen molar-refractivity contribution in [3.05, 3.63) is 48.6 Å². The maximum Gasteiger partial charge on any atom is 0.472 e. The van der Waals surface area contributed by atoms with Gasteiger partial charge in [0.1, 0.15) is 43.2 Å². The molecule has 0 aromatic rings. The fraction of sp³-hybridized carbons (Fsp3) is 0.778. The number of carbonyl (C=O) groups excluding carboxylic acids is 2. The number of rotatable bonds is 36. The highest BCUT2D eigenvalue weighted by molar-refractivity contribution is 7.47. The lowest BCUT2D eigenvalue weighted by Gasteiger charge is -2.41. The van der Waals surface area contributed by atoms with Gasteiger partial charge in [-0.1, -0.05) is 133 Å². The smallest absolute Gasteiger partial charge is 0.462 e. The summed E-state index contributed by atoms with van der Waals surface area (Å²) in [7, 11) is -5.12. The Morgan fingerprint density at radius 2 is 0.966 bits per heavy atom. The number of phosphoric ester groups is 1. The maximum absolute atomic E-state index is 12.8. The predicted molar refractivity (Wildman–Crippen MR) is 230 cm³/mol. The molecule has 0 spiro atoms. The molecule has 0 amide bonds. The van der Waals surface area contributed by atoms with E-state index in [1.165, 1.54) is 38.5 Å². The number of hydrogen-bond donors (Lipinski definition) is 6.